The van der Waals surface area contributed by atoms with E-state index in [2.05, 4.69) is 42.6 Å². The van der Waals surface area contributed by atoms with Gasteiger partial charge in [-0.3, -0.25) is 0 Å². The lowest BCUT2D eigenvalue weighted by Gasteiger charge is -2.52. The highest BCUT2D eigenvalue weighted by atomic mass is 16.5. The summed E-state index contributed by atoms with van der Waals surface area (Å²) in [4.78, 5) is 11.9. The first kappa shape index (κ1) is 17.8. The fourth-order valence-electron chi connectivity index (χ4n) is 3.24. The Hall–Kier alpha value is -1.52. The zero-order valence-electron chi connectivity index (χ0n) is 15.1. The highest BCUT2D eigenvalue weighted by Crippen LogP contribution is 2.47. The van der Waals surface area contributed by atoms with Crippen molar-refractivity contribution >= 4 is 6.03 Å². The molecule has 1 aromatic heterocycles. The topological polar surface area (TPSA) is 67.2 Å². The molecule has 1 aliphatic rings. The third-order valence-electron chi connectivity index (χ3n) is 5.04. The summed E-state index contributed by atoms with van der Waals surface area (Å²) in [6, 6.07) is 2.40. The number of unbranched alkanes of at least 4 members (excludes halogenated alkanes) is 1. The Morgan fingerprint density at radius 2 is 2.22 bits per heavy atom. The highest BCUT2D eigenvalue weighted by Gasteiger charge is 2.48. The number of nitrogens with zero attached hydrogens (tertiary/aromatic N) is 1. The van der Waals surface area contributed by atoms with Crippen LogP contribution < -0.4 is 10.6 Å². The van der Waals surface area contributed by atoms with Crippen molar-refractivity contribution in [1.29, 1.82) is 0 Å². The lowest BCUT2D eigenvalue weighted by Crippen LogP contribution is -2.60. The van der Waals surface area contributed by atoms with Crippen LogP contribution in [0.3, 0.4) is 0 Å². The van der Waals surface area contributed by atoms with Gasteiger partial charge >= 0.3 is 6.03 Å². The van der Waals surface area contributed by atoms with E-state index < -0.39 is 0 Å². The van der Waals surface area contributed by atoms with Crippen molar-refractivity contribution in [2.24, 2.45) is 11.3 Å². The normalized spacial score (nSPS) is 22.7. The molecular formula is C18H31N3O2. The molecule has 1 saturated carbocycles. The van der Waals surface area contributed by atoms with Gasteiger partial charge in [0.05, 0.1) is 5.69 Å². The lowest BCUT2D eigenvalue weighted by atomic mass is 9.57. The predicted octanol–water partition coefficient (Wildman–Crippen LogP) is 3.68. The zero-order chi connectivity index (χ0) is 17.0. The molecule has 1 aromatic rings. The molecule has 0 bridgehead atoms. The number of aryl methyl sites for hydroxylation is 1. The molecule has 0 aliphatic heterocycles. The van der Waals surface area contributed by atoms with Crippen molar-refractivity contribution in [3.8, 4) is 0 Å². The molecule has 2 N–H and O–H groups in total. The van der Waals surface area contributed by atoms with Gasteiger partial charge in [0.2, 0.25) is 0 Å². The van der Waals surface area contributed by atoms with Gasteiger partial charge in [-0.2, -0.15) is 0 Å². The molecular weight excluding hydrogens is 290 g/mol. The van der Waals surface area contributed by atoms with E-state index in [4.69, 9.17) is 4.52 Å². The SMILES string of the molecule is CCCCc1cc(CC2CC(NC(=O)NC(C)C)C2(C)C)no1. The van der Waals surface area contributed by atoms with E-state index in [1.165, 1.54) is 0 Å². The Kier molecular flexibility index (Phi) is 5.71. The lowest BCUT2D eigenvalue weighted by molar-refractivity contribution is 0.0199. The van der Waals surface area contributed by atoms with Crippen LogP contribution in [0.2, 0.25) is 0 Å². The van der Waals surface area contributed by atoms with Crippen LogP contribution in [0.25, 0.3) is 0 Å². The summed E-state index contributed by atoms with van der Waals surface area (Å²) in [6.45, 7) is 10.6. The Morgan fingerprint density at radius 1 is 1.48 bits per heavy atom. The number of carbonyl (C=O) groups excluding carboxylic acids is 1. The predicted molar refractivity (Wildman–Crippen MR) is 91.3 cm³/mol. The average Bonchev–Trinajstić information content (AvgIpc) is 2.91. The first-order valence-electron chi connectivity index (χ1n) is 8.84. The summed E-state index contributed by atoms with van der Waals surface area (Å²) in [7, 11) is 0. The minimum atomic E-state index is -0.0696. The molecule has 5 heteroatoms. The molecule has 0 spiro atoms. The Balaban J connectivity index is 1.84. The van der Waals surface area contributed by atoms with Crippen molar-refractivity contribution < 1.29 is 9.32 Å². The second kappa shape index (κ2) is 7.37. The molecule has 2 atom stereocenters. The maximum atomic E-state index is 11.9. The number of hydrogen-bond acceptors (Lipinski definition) is 3. The fourth-order valence-corrected chi connectivity index (χ4v) is 3.24. The number of amides is 2. The van der Waals surface area contributed by atoms with Gasteiger partial charge in [0.15, 0.2) is 0 Å². The van der Waals surface area contributed by atoms with Crippen molar-refractivity contribution in [3.63, 3.8) is 0 Å². The highest BCUT2D eigenvalue weighted by molar-refractivity contribution is 5.74. The number of rotatable bonds is 7. The van der Waals surface area contributed by atoms with E-state index in [0.717, 1.165) is 43.6 Å². The van der Waals surface area contributed by atoms with Gasteiger partial charge in [-0.1, -0.05) is 32.3 Å². The van der Waals surface area contributed by atoms with Crippen LogP contribution >= 0.6 is 0 Å². The van der Waals surface area contributed by atoms with E-state index in [9.17, 15) is 4.79 Å². The molecule has 23 heavy (non-hydrogen) atoms. The van der Waals surface area contributed by atoms with Gasteiger partial charge in [-0.05, 0) is 44.4 Å². The van der Waals surface area contributed by atoms with E-state index in [-0.39, 0.29) is 23.5 Å². The summed E-state index contributed by atoms with van der Waals surface area (Å²) < 4.78 is 5.41. The fraction of sp³-hybridized carbons (Fsp3) is 0.778. The molecule has 1 heterocycles. The largest absolute Gasteiger partial charge is 0.361 e. The van der Waals surface area contributed by atoms with Gasteiger partial charge in [0.1, 0.15) is 5.76 Å². The zero-order valence-corrected chi connectivity index (χ0v) is 15.1. The third kappa shape index (κ3) is 4.49. The van der Waals surface area contributed by atoms with Gasteiger partial charge in [-0.25, -0.2) is 4.79 Å². The number of carbonyl (C=O) groups is 1. The molecule has 1 fully saturated rings. The summed E-state index contributed by atoms with van der Waals surface area (Å²) in [5.41, 5.74) is 1.12. The molecule has 2 amide bonds. The third-order valence-corrected chi connectivity index (χ3v) is 5.04. The Labute approximate surface area is 139 Å². The van der Waals surface area contributed by atoms with Crippen LogP contribution in [0.15, 0.2) is 10.6 Å². The first-order chi connectivity index (χ1) is 10.8. The molecule has 5 nitrogen and oxygen atoms in total. The maximum absolute atomic E-state index is 11.9. The van der Waals surface area contributed by atoms with Crippen molar-refractivity contribution in [2.45, 2.75) is 78.8 Å². The van der Waals surface area contributed by atoms with E-state index in [1.807, 2.05) is 13.8 Å². The Bertz CT molecular complexity index is 522. The maximum Gasteiger partial charge on any atom is 0.315 e. The quantitative estimate of drug-likeness (QED) is 0.805. The second-order valence-electron chi connectivity index (χ2n) is 7.67. The van der Waals surface area contributed by atoms with Crippen molar-refractivity contribution in [1.82, 2.24) is 15.8 Å². The van der Waals surface area contributed by atoms with Crippen LogP contribution in [0.5, 0.6) is 0 Å². The summed E-state index contributed by atoms with van der Waals surface area (Å²) >= 11 is 0. The average molecular weight is 321 g/mol. The van der Waals surface area contributed by atoms with E-state index in [0.29, 0.717) is 5.92 Å². The number of hydrogen-bond donors (Lipinski definition) is 2. The Morgan fingerprint density at radius 3 is 2.83 bits per heavy atom. The van der Waals surface area contributed by atoms with Gasteiger partial charge in [0.25, 0.3) is 0 Å². The molecule has 0 aromatic carbocycles. The van der Waals surface area contributed by atoms with Gasteiger partial charge in [0, 0.05) is 24.6 Å². The van der Waals surface area contributed by atoms with E-state index in [1.54, 1.807) is 0 Å². The van der Waals surface area contributed by atoms with Crippen LogP contribution in [0, 0.1) is 11.3 Å². The molecule has 2 unspecified atom stereocenters. The van der Waals surface area contributed by atoms with E-state index >= 15 is 0 Å². The van der Waals surface area contributed by atoms with Crippen molar-refractivity contribution in [2.75, 3.05) is 0 Å². The number of nitrogens with one attached hydrogen (secondary N) is 2. The standard InChI is InChI=1S/C18H31N3O2/c1-6-7-8-15-11-14(21-23-15)9-13-10-16(18(13,4)5)20-17(22)19-12(2)3/h11-13,16H,6-10H2,1-5H3,(H2,19,20,22). The monoisotopic (exact) mass is 321 g/mol. The molecule has 0 saturated heterocycles. The van der Waals surface area contributed by atoms with Crippen molar-refractivity contribution in [3.05, 3.63) is 17.5 Å². The minimum absolute atomic E-state index is 0.0696. The summed E-state index contributed by atoms with van der Waals surface area (Å²) in [5.74, 6) is 1.51. The molecule has 1 aliphatic carbocycles. The molecule has 130 valence electrons. The molecule has 2 rings (SSSR count). The number of aromatic nitrogens is 1. The number of urea groups is 1. The van der Waals surface area contributed by atoms with Crippen LogP contribution in [-0.2, 0) is 12.8 Å². The van der Waals surface area contributed by atoms with Gasteiger partial charge < -0.3 is 15.2 Å². The van der Waals surface area contributed by atoms with Crippen LogP contribution in [0.4, 0.5) is 4.79 Å². The minimum Gasteiger partial charge on any atom is -0.361 e. The summed E-state index contributed by atoms with van der Waals surface area (Å²) in [6.07, 6.45) is 5.19. The van der Waals surface area contributed by atoms with Crippen LogP contribution in [-0.4, -0.2) is 23.3 Å². The molecule has 0 radical (unpaired) electrons. The second-order valence-corrected chi connectivity index (χ2v) is 7.67. The van der Waals surface area contributed by atoms with Gasteiger partial charge in [-0.15, -0.1) is 0 Å². The smallest absolute Gasteiger partial charge is 0.315 e. The summed E-state index contributed by atoms with van der Waals surface area (Å²) in [5, 5.41) is 10.2. The van der Waals surface area contributed by atoms with Crippen LogP contribution in [0.1, 0.15) is 65.3 Å². The first-order valence-corrected chi connectivity index (χ1v) is 8.84.